The molecule has 37 heavy (non-hydrogen) atoms. The number of aromatic nitrogens is 4. The van der Waals surface area contributed by atoms with Gasteiger partial charge in [0.2, 0.25) is 17.8 Å². The van der Waals surface area contributed by atoms with Gasteiger partial charge in [-0.2, -0.15) is 4.98 Å². The van der Waals surface area contributed by atoms with Crippen molar-refractivity contribution in [2.45, 2.75) is 70.1 Å². The smallest absolute Gasteiger partial charge is 0.224 e. The zero-order valence-electron chi connectivity index (χ0n) is 20.4. The van der Waals surface area contributed by atoms with E-state index < -0.39 is 5.82 Å². The summed E-state index contributed by atoms with van der Waals surface area (Å²) >= 11 is 12.2. The number of fused-ring (bicyclic) bond motifs is 1. The van der Waals surface area contributed by atoms with Crippen molar-refractivity contribution < 1.29 is 14.3 Å². The van der Waals surface area contributed by atoms with E-state index in [0.717, 1.165) is 12.8 Å². The molecule has 3 atom stereocenters. The van der Waals surface area contributed by atoms with Gasteiger partial charge in [0.25, 0.3) is 0 Å². The zero-order valence-corrected chi connectivity index (χ0v) is 21.9. The van der Waals surface area contributed by atoms with Gasteiger partial charge in [0.05, 0.1) is 23.0 Å². The number of nitrogens with one attached hydrogen (secondary N) is 2. The molecule has 0 bridgehead atoms. The number of halogens is 3. The second kappa shape index (κ2) is 10.6. The first-order chi connectivity index (χ1) is 17.7. The van der Waals surface area contributed by atoms with E-state index in [-0.39, 0.29) is 51.7 Å². The minimum atomic E-state index is -0.605. The molecule has 5 rings (SSSR count). The lowest BCUT2D eigenvalue weighted by Crippen LogP contribution is -2.35. The van der Waals surface area contributed by atoms with Crippen molar-refractivity contribution in [3.63, 3.8) is 0 Å². The van der Waals surface area contributed by atoms with Gasteiger partial charge in [-0.1, -0.05) is 30.1 Å². The number of amides is 1. The summed E-state index contributed by atoms with van der Waals surface area (Å²) in [6, 6.07) is 2.66. The Bertz CT molecular complexity index is 1290. The van der Waals surface area contributed by atoms with E-state index in [2.05, 4.69) is 27.5 Å². The van der Waals surface area contributed by atoms with E-state index >= 15 is 0 Å². The molecule has 0 radical (unpaired) electrons. The summed E-state index contributed by atoms with van der Waals surface area (Å²) < 4.78 is 16.7. The maximum absolute atomic E-state index is 14.8. The summed E-state index contributed by atoms with van der Waals surface area (Å²) in [6.45, 7) is 2.05. The number of aliphatic hydroxyl groups is 1. The van der Waals surface area contributed by atoms with Crippen LogP contribution in [0, 0.1) is 17.7 Å². The van der Waals surface area contributed by atoms with Crippen LogP contribution in [-0.4, -0.2) is 42.7 Å². The molecule has 2 heterocycles. The maximum atomic E-state index is 14.8. The molecule has 0 saturated heterocycles. The first-order valence-electron chi connectivity index (χ1n) is 12.6. The predicted molar refractivity (Wildman–Crippen MR) is 142 cm³/mol. The molecular formula is C25H30Cl2FN7O2. The number of rotatable bonds is 6. The second-order valence-corrected chi connectivity index (χ2v) is 11.0. The van der Waals surface area contributed by atoms with Crippen molar-refractivity contribution in [3.05, 3.63) is 34.2 Å². The van der Waals surface area contributed by atoms with E-state index in [1.165, 1.54) is 12.1 Å². The van der Waals surface area contributed by atoms with Crippen molar-refractivity contribution in [3.8, 4) is 0 Å². The molecule has 5 N–H and O–H groups in total. The number of hydrogen-bond donors (Lipinski definition) is 4. The standard InChI is InChI=1S/C25H30Cl2FN7O2/c1-12-2-5-15(10-20(12)36)31-24-30-11-19-23(34-24)35(16-6-3-13(4-7-16)22(29)37)25(32-19)33-21-17(27)8-14(26)9-18(21)28/h8-9,11-13,15-16,20,36H,2-7,10H2,1H3,(H2,29,37)(H,32,33)(H,30,31,34)/t12-,13-,15-,16-,20-/m1/s1. The number of anilines is 3. The lowest BCUT2D eigenvalue weighted by molar-refractivity contribution is -0.122. The second-order valence-electron chi connectivity index (χ2n) is 10.2. The van der Waals surface area contributed by atoms with Gasteiger partial charge in [0, 0.05) is 23.0 Å². The van der Waals surface area contributed by atoms with Crippen LogP contribution in [0.1, 0.15) is 57.9 Å². The third kappa shape index (κ3) is 5.46. The van der Waals surface area contributed by atoms with Gasteiger partial charge < -0.3 is 21.5 Å². The lowest BCUT2D eigenvalue weighted by Gasteiger charge is -2.31. The molecule has 2 fully saturated rings. The van der Waals surface area contributed by atoms with E-state index in [0.29, 0.717) is 55.2 Å². The number of imidazole rings is 1. The van der Waals surface area contributed by atoms with Crippen molar-refractivity contribution in [1.82, 2.24) is 19.5 Å². The van der Waals surface area contributed by atoms with Crippen molar-refractivity contribution in [2.24, 2.45) is 17.6 Å². The Balaban J connectivity index is 1.50. The fraction of sp³-hybridized carbons (Fsp3) is 0.520. The highest BCUT2D eigenvalue weighted by Crippen LogP contribution is 2.39. The van der Waals surface area contributed by atoms with E-state index in [9.17, 15) is 14.3 Å². The van der Waals surface area contributed by atoms with Crippen LogP contribution in [0.25, 0.3) is 11.2 Å². The molecule has 2 aliphatic rings. The largest absolute Gasteiger partial charge is 0.393 e. The van der Waals surface area contributed by atoms with Crippen molar-refractivity contribution >= 4 is 57.9 Å². The topological polar surface area (TPSA) is 131 Å². The fourth-order valence-corrected chi connectivity index (χ4v) is 5.91. The Kier molecular flexibility index (Phi) is 7.42. The summed E-state index contributed by atoms with van der Waals surface area (Å²) in [5.41, 5.74) is 6.72. The van der Waals surface area contributed by atoms with Crippen LogP contribution in [0.3, 0.4) is 0 Å². The molecule has 198 valence electrons. The summed E-state index contributed by atoms with van der Waals surface area (Å²) in [6.07, 6.45) is 6.38. The lowest BCUT2D eigenvalue weighted by atomic mass is 9.85. The Morgan fingerprint density at radius 3 is 2.59 bits per heavy atom. The molecule has 9 nitrogen and oxygen atoms in total. The van der Waals surface area contributed by atoms with Crippen LogP contribution >= 0.6 is 23.2 Å². The molecule has 3 aromatic rings. The highest BCUT2D eigenvalue weighted by Gasteiger charge is 2.30. The van der Waals surface area contributed by atoms with Gasteiger partial charge in [-0.3, -0.25) is 9.36 Å². The molecule has 0 aliphatic heterocycles. The molecule has 12 heteroatoms. The number of nitrogens with two attached hydrogens (primary N) is 1. The summed E-state index contributed by atoms with van der Waals surface area (Å²) in [4.78, 5) is 25.6. The molecule has 2 aliphatic carbocycles. The number of carbonyl (C=O) groups is 1. The molecule has 0 spiro atoms. The number of carbonyl (C=O) groups excluding carboxylic acids is 1. The van der Waals surface area contributed by atoms with Crippen LogP contribution in [0.2, 0.25) is 10.0 Å². The van der Waals surface area contributed by atoms with Gasteiger partial charge in [-0.15, -0.1) is 0 Å². The van der Waals surface area contributed by atoms with Crippen LogP contribution in [0.5, 0.6) is 0 Å². The minimum absolute atomic E-state index is 0.0441. The predicted octanol–water partition coefficient (Wildman–Crippen LogP) is 5.19. The van der Waals surface area contributed by atoms with Gasteiger partial charge in [-0.25, -0.2) is 14.4 Å². The van der Waals surface area contributed by atoms with Gasteiger partial charge in [0.15, 0.2) is 5.65 Å². The first-order valence-corrected chi connectivity index (χ1v) is 13.4. The SMILES string of the molecule is C[C@@H]1CC[C@@H](Nc2ncc3nc(Nc4c(F)cc(Cl)cc4Cl)n([C@H]4CC[C@H](C(N)=O)CC4)c3n2)C[C@H]1O. The summed E-state index contributed by atoms with van der Waals surface area (Å²) in [5.74, 6) is 0.0133. The fourth-order valence-electron chi connectivity index (χ4n) is 5.40. The normalized spacial score (nSPS) is 26.2. The number of nitrogens with zero attached hydrogens (tertiary/aromatic N) is 4. The number of aliphatic hydroxyl groups excluding tert-OH is 1. The Morgan fingerprint density at radius 1 is 1.16 bits per heavy atom. The quantitative estimate of drug-likeness (QED) is 0.332. The average molecular weight is 550 g/mol. The Labute approximate surface area is 224 Å². The van der Waals surface area contributed by atoms with Crippen LogP contribution < -0.4 is 16.4 Å². The van der Waals surface area contributed by atoms with E-state index in [1.807, 2.05) is 4.57 Å². The number of benzene rings is 1. The Hall–Kier alpha value is -2.69. The molecule has 1 aromatic carbocycles. The summed E-state index contributed by atoms with van der Waals surface area (Å²) in [5, 5.41) is 17.0. The molecule has 0 unspecified atom stereocenters. The number of hydrogen-bond acceptors (Lipinski definition) is 7. The van der Waals surface area contributed by atoms with Crippen LogP contribution in [0.4, 0.5) is 22.0 Å². The zero-order chi connectivity index (χ0) is 26.3. The van der Waals surface area contributed by atoms with Gasteiger partial charge in [-0.05, 0) is 63.0 Å². The Morgan fingerprint density at radius 2 is 1.92 bits per heavy atom. The van der Waals surface area contributed by atoms with Gasteiger partial charge >= 0.3 is 0 Å². The summed E-state index contributed by atoms with van der Waals surface area (Å²) in [7, 11) is 0. The highest BCUT2D eigenvalue weighted by molar-refractivity contribution is 6.36. The van der Waals surface area contributed by atoms with Crippen LogP contribution in [-0.2, 0) is 4.79 Å². The van der Waals surface area contributed by atoms with E-state index in [1.54, 1.807) is 6.20 Å². The number of primary amides is 1. The first kappa shape index (κ1) is 25.9. The van der Waals surface area contributed by atoms with Crippen molar-refractivity contribution in [1.29, 1.82) is 0 Å². The van der Waals surface area contributed by atoms with Crippen LogP contribution in [0.15, 0.2) is 18.3 Å². The molecule has 1 amide bonds. The maximum Gasteiger partial charge on any atom is 0.224 e. The minimum Gasteiger partial charge on any atom is -0.393 e. The average Bonchev–Trinajstić information content (AvgIpc) is 3.21. The highest BCUT2D eigenvalue weighted by atomic mass is 35.5. The third-order valence-electron chi connectivity index (χ3n) is 7.63. The molecule has 2 saturated carbocycles. The van der Waals surface area contributed by atoms with E-state index in [4.69, 9.17) is 33.9 Å². The molecular weight excluding hydrogens is 520 g/mol. The molecule has 2 aromatic heterocycles. The van der Waals surface area contributed by atoms with Crippen molar-refractivity contribution in [2.75, 3.05) is 10.6 Å². The third-order valence-corrected chi connectivity index (χ3v) is 8.14. The van der Waals surface area contributed by atoms with Gasteiger partial charge in [0.1, 0.15) is 11.3 Å². The monoisotopic (exact) mass is 549 g/mol.